The van der Waals surface area contributed by atoms with Crippen molar-refractivity contribution in [2.45, 2.75) is 70.6 Å². The summed E-state index contributed by atoms with van der Waals surface area (Å²) in [5.41, 5.74) is 0.917. The Hall–Kier alpha value is -4.60. The van der Waals surface area contributed by atoms with Crippen LogP contribution in [0.3, 0.4) is 0 Å². The molecule has 2 aromatic heterocycles. The van der Waals surface area contributed by atoms with E-state index in [2.05, 4.69) is 5.32 Å². The van der Waals surface area contributed by atoms with Gasteiger partial charge in [0.05, 0.1) is 24.7 Å². The number of methoxy groups -OCH3 is 1. The maximum Gasteiger partial charge on any atom is 0.407 e. The van der Waals surface area contributed by atoms with E-state index in [1.165, 1.54) is 16.6 Å². The fraction of sp³-hybridized carbons (Fsp3) is 0.394. The highest BCUT2D eigenvalue weighted by Crippen LogP contribution is 2.35. The minimum absolute atomic E-state index is 0.124. The molecule has 1 aliphatic carbocycles. The van der Waals surface area contributed by atoms with Gasteiger partial charge in [0.2, 0.25) is 0 Å². The lowest BCUT2D eigenvalue weighted by atomic mass is 9.88. The molecule has 2 heterocycles. The number of carboxylic acid groups (broad SMARTS) is 1. The first-order chi connectivity index (χ1) is 20.4. The molecule has 0 aliphatic heterocycles. The van der Waals surface area contributed by atoms with E-state index < -0.39 is 17.2 Å². The van der Waals surface area contributed by atoms with Crippen molar-refractivity contribution in [3.8, 4) is 5.75 Å². The van der Waals surface area contributed by atoms with E-state index in [0.29, 0.717) is 47.7 Å². The number of carbonyl (C=O) groups excluding carboxylic acids is 2. The number of nitrogens with zero attached hydrogens (tertiary/aromatic N) is 3. The van der Waals surface area contributed by atoms with E-state index in [0.717, 1.165) is 0 Å². The highest BCUT2D eigenvalue weighted by Gasteiger charge is 2.36. The molecule has 0 atom stereocenters. The smallest absolute Gasteiger partial charge is 0.407 e. The molecule has 1 saturated carbocycles. The monoisotopic (exact) mass is 586 g/mol. The summed E-state index contributed by atoms with van der Waals surface area (Å²) in [7, 11) is 3.16. The number of Topliss-reactive ketones (excluding diaryl/α,β-unsaturated/α-hetero) is 1. The van der Waals surface area contributed by atoms with E-state index >= 15 is 0 Å². The Morgan fingerprint density at radius 3 is 2.23 bits per heavy atom. The quantitative estimate of drug-likeness (QED) is 0.287. The Morgan fingerprint density at radius 2 is 1.63 bits per heavy atom. The highest BCUT2D eigenvalue weighted by molar-refractivity contribution is 6.12. The Balaban J connectivity index is 1.49. The van der Waals surface area contributed by atoms with Crippen LogP contribution in [0.5, 0.6) is 5.75 Å². The van der Waals surface area contributed by atoms with E-state index in [1.807, 2.05) is 45.0 Å². The SMILES string of the molecule is COc1c(C(=O)NC2CCC(N(C(=O)O)C(C)(C)C)CC2)n(C)c2c1c(=O)n(CC(=O)c1ccccc1)c1ccccc21. The van der Waals surface area contributed by atoms with Gasteiger partial charge < -0.3 is 24.6 Å². The fourth-order valence-electron chi connectivity index (χ4n) is 6.52. The number of hydrogen-bond acceptors (Lipinski definition) is 5. The zero-order chi connectivity index (χ0) is 31.1. The number of hydrogen-bond donors (Lipinski definition) is 2. The first-order valence-electron chi connectivity index (χ1n) is 14.5. The number of nitrogens with one attached hydrogen (secondary N) is 1. The molecule has 0 spiro atoms. The molecule has 2 amide bonds. The summed E-state index contributed by atoms with van der Waals surface area (Å²) < 4.78 is 8.86. The molecule has 0 bridgehead atoms. The van der Waals surface area contributed by atoms with Gasteiger partial charge >= 0.3 is 6.09 Å². The summed E-state index contributed by atoms with van der Waals surface area (Å²) in [6.45, 7) is 5.49. The number of fused-ring (bicyclic) bond motifs is 3. The number of aryl methyl sites for hydroxylation is 1. The molecular weight excluding hydrogens is 548 g/mol. The van der Waals surface area contributed by atoms with Gasteiger partial charge in [-0.3, -0.25) is 19.0 Å². The summed E-state index contributed by atoms with van der Waals surface area (Å²) >= 11 is 0. The minimum atomic E-state index is -0.941. The Kier molecular flexibility index (Phi) is 8.05. The molecule has 226 valence electrons. The maximum atomic E-state index is 14.0. The van der Waals surface area contributed by atoms with Crippen LogP contribution in [0.15, 0.2) is 59.4 Å². The summed E-state index contributed by atoms with van der Waals surface area (Å²) in [6, 6.07) is 15.9. The maximum absolute atomic E-state index is 14.0. The second-order valence-electron chi connectivity index (χ2n) is 12.2. The van der Waals surface area contributed by atoms with Gasteiger partial charge in [0, 0.05) is 35.6 Å². The van der Waals surface area contributed by atoms with Crippen LogP contribution in [0.25, 0.3) is 21.8 Å². The van der Waals surface area contributed by atoms with Crippen LogP contribution in [0.1, 0.15) is 67.3 Å². The largest absolute Gasteiger partial charge is 0.493 e. The van der Waals surface area contributed by atoms with Crippen LogP contribution in [-0.2, 0) is 13.6 Å². The third kappa shape index (κ3) is 5.49. The molecule has 1 aliphatic rings. The first-order valence-corrected chi connectivity index (χ1v) is 14.5. The number of ether oxygens (including phenoxy) is 1. The average Bonchev–Trinajstić information content (AvgIpc) is 3.28. The van der Waals surface area contributed by atoms with E-state index in [4.69, 9.17) is 4.74 Å². The fourth-order valence-corrected chi connectivity index (χ4v) is 6.52. The molecule has 1 fully saturated rings. The number of amides is 2. The number of carbonyl (C=O) groups is 3. The summed E-state index contributed by atoms with van der Waals surface area (Å²) in [5.74, 6) is -0.422. The van der Waals surface area contributed by atoms with Crippen LogP contribution < -0.4 is 15.6 Å². The normalized spacial score (nSPS) is 17.1. The van der Waals surface area contributed by atoms with Crippen LogP contribution in [0.4, 0.5) is 4.79 Å². The van der Waals surface area contributed by atoms with E-state index in [1.54, 1.807) is 41.9 Å². The van der Waals surface area contributed by atoms with Crippen molar-refractivity contribution in [3.63, 3.8) is 0 Å². The van der Waals surface area contributed by atoms with Gasteiger partial charge in [0.1, 0.15) is 5.39 Å². The first kappa shape index (κ1) is 29.9. The molecule has 0 unspecified atom stereocenters. The van der Waals surface area contributed by atoms with Gasteiger partial charge in [-0.15, -0.1) is 0 Å². The Morgan fingerprint density at radius 1 is 1.00 bits per heavy atom. The van der Waals surface area contributed by atoms with Crippen molar-refractivity contribution in [2.24, 2.45) is 7.05 Å². The molecule has 5 rings (SSSR count). The number of rotatable bonds is 7. The lowest BCUT2D eigenvalue weighted by Gasteiger charge is -2.42. The average molecular weight is 587 g/mol. The van der Waals surface area contributed by atoms with Gasteiger partial charge in [0.25, 0.3) is 11.5 Å². The summed E-state index contributed by atoms with van der Waals surface area (Å²) in [4.78, 5) is 54.4. The van der Waals surface area contributed by atoms with Gasteiger partial charge in [-0.05, 0) is 52.5 Å². The van der Waals surface area contributed by atoms with Crippen molar-refractivity contribution >= 4 is 39.6 Å². The standard InChI is InChI=1S/C33H38N4O6/c1-33(2,3)37(32(41)42)22-17-15-21(16-18-22)34-30(39)28-29(43-5)26-27(35(28)4)23-13-9-10-14-24(23)36(31(26)40)19-25(38)20-11-7-6-8-12-20/h6-14,21-22H,15-19H2,1-5H3,(H,34,39)(H,41,42). The molecule has 4 aromatic rings. The van der Waals surface area contributed by atoms with Crippen LogP contribution in [-0.4, -0.2) is 61.7 Å². The zero-order valence-corrected chi connectivity index (χ0v) is 25.2. The predicted molar refractivity (Wildman–Crippen MR) is 165 cm³/mol. The topological polar surface area (TPSA) is 123 Å². The summed E-state index contributed by atoms with van der Waals surface area (Å²) in [6.07, 6.45) is 1.57. The van der Waals surface area contributed by atoms with E-state index in [9.17, 15) is 24.3 Å². The van der Waals surface area contributed by atoms with Crippen molar-refractivity contribution in [3.05, 3.63) is 76.2 Å². The molecule has 43 heavy (non-hydrogen) atoms. The molecular formula is C33H38N4O6. The number of para-hydroxylation sites is 1. The zero-order valence-electron chi connectivity index (χ0n) is 25.2. The van der Waals surface area contributed by atoms with Crippen molar-refractivity contribution < 1.29 is 24.2 Å². The minimum Gasteiger partial charge on any atom is -0.493 e. The summed E-state index contributed by atoms with van der Waals surface area (Å²) in [5, 5.41) is 13.9. The Bertz CT molecular complexity index is 1760. The number of pyridine rings is 1. The molecule has 10 heteroatoms. The molecule has 2 aromatic carbocycles. The molecule has 0 radical (unpaired) electrons. The number of ketones is 1. The highest BCUT2D eigenvalue weighted by atomic mass is 16.5. The van der Waals surface area contributed by atoms with Crippen LogP contribution >= 0.6 is 0 Å². The number of benzene rings is 2. The predicted octanol–water partition coefficient (Wildman–Crippen LogP) is 5.20. The molecule has 10 nitrogen and oxygen atoms in total. The lowest BCUT2D eigenvalue weighted by Crippen LogP contribution is -2.53. The third-order valence-corrected chi connectivity index (χ3v) is 8.40. The second kappa shape index (κ2) is 11.6. The van der Waals surface area contributed by atoms with Crippen LogP contribution in [0, 0.1) is 0 Å². The van der Waals surface area contributed by atoms with Gasteiger partial charge in [-0.2, -0.15) is 0 Å². The molecule has 2 N–H and O–H groups in total. The number of aromatic nitrogens is 2. The third-order valence-electron chi connectivity index (χ3n) is 8.40. The van der Waals surface area contributed by atoms with Crippen molar-refractivity contribution in [1.29, 1.82) is 0 Å². The second-order valence-corrected chi connectivity index (χ2v) is 12.2. The Labute approximate surface area is 249 Å². The van der Waals surface area contributed by atoms with Gasteiger partial charge in [-0.25, -0.2) is 4.79 Å². The lowest BCUT2D eigenvalue weighted by molar-refractivity contribution is 0.0519. The van der Waals surface area contributed by atoms with Crippen molar-refractivity contribution in [1.82, 2.24) is 19.4 Å². The van der Waals surface area contributed by atoms with Gasteiger partial charge in [-0.1, -0.05) is 48.5 Å². The molecule has 0 saturated heterocycles. The van der Waals surface area contributed by atoms with E-state index in [-0.39, 0.29) is 47.1 Å². The van der Waals surface area contributed by atoms with Gasteiger partial charge in [0.15, 0.2) is 17.2 Å². The van der Waals surface area contributed by atoms with Crippen LogP contribution in [0.2, 0.25) is 0 Å². The van der Waals surface area contributed by atoms with Crippen molar-refractivity contribution in [2.75, 3.05) is 7.11 Å².